The summed E-state index contributed by atoms with van der Waals surface area (Å²) in [4.78, 5) is 4.21. The highest BCUT2D eigenvalue weighted by Crippen LogP contribution is 2.41. The molecule has 2 atom stereocenters. The molecule has 0 aromatic carbocycles. The summed E-state index contributed by atoms with van der Waals surface area (Å²) in [5.74, 6) is 1.52. The van der Waals surface area contributed by atoms with Crippen molar-refractivity contribution < 1.29 is 0 Å². The van der Waals surface area contributed by atoms with Crippen molar-refractivity contribution in [2.75, 3.05) is 6.54 Å². The molecule has 1 aliphatic rings. The second-order valence-electron chi connectivity index (χ2n) is 5.86. The lowest BCUT2D eigenvalue weighted by atomic mass is 9.70. The molecule has 1 saturated carbocycles. The zero-order valence-corrected chi connectivity index (χ0v) is 10.5. The molecule has 1 heterocycles. The zero-order valence-electron chi connectivity index (χ0n) is 10.5. The van der Waals surface area contributed by atoms with Crippen LogP contribution in [0.5, 0.6) is 0 Å². The quantitative estimate of drug-likeness (QED) is 0.843. The molecule has 1 aromatic heterocycles. The molecule has 2 unspecified atom stereocenters. The second kappa shape index (κ2) is 4.54. The van der Waals surface area contributed by atoms with Gasteiger partial charge in [-0.2, -0.15) is 0 Å². The average Bonchev–Trinajstić information content (AvgIpc) is 2.16. The molecule has 1 aromatic rings. The van der Waals surface area contributed by atoms with E-state index in [2.05, 4.69) is 37.1 Å². The Morgan fingerprint density at radius 2 is 2.19 bits per heavy atom. The van der Waals surface area contributed by atoms with E-state index >= 15 is 0 Å². The van der Waals surface area contributed by atoms with Gasteiger partial charge in [0.15, 0.2) is 0 Å². The molecule has 0 saturated heterocycles. The Morgan fingerprint density at radius 1 is 1.38 bits per heavy atom. The van der Waals surface area contributed by atoms with Crippen molar-refractivity contribution in [2.45, 2.75) is 45.1 Å². The number of hydrogen-bond donors (Lipinski definition) is 1. The lowest BCUT2D eigenvalue weighted by molar-refractivity contribution is 0.225. The number of nitrogens with one attached hydrogen (secondary N) is 1. The Morgan fingerprint density at radius 3 is 2.69 bits per heavy atom. The molecular formula is C14H22N2. The van der Waals surface area contributed by atoms with E-state index < -0.39 is 0 Å². The second-order valence-corrected chi connectivity index (χ2v) is 5.86. The van der Waals surface area contributed by atoms with E-state index in [-0.39, 0.29) is 5.54 Å². The summed E-state index contributed by atoms with van der Waals surface area (Å²) in [6.07, 6.45) is 6.54. The van der Waals surface area contributed by atoms with Crippen LogP contribution in [0.25, 0.3) is 0 Å². The minimum absolute atomic E-state index is 0.231. The minimum Gasteiger partial charge on any atom is -0.312 e. The third-order valence-corrected chi connectivity index (χ3v) is 3.42. The molecule has 2 nitrogen and oxygen atoms in total. The van der Waals surface area contributed by atoms with Crippen molar-refractivity contribution in [2.24, 2.45) is 5.92 Å². The maximum atomic E-state index is 4.21. The Labute approximate surface area is 98.5 Å². The zero-order chi connectivity index (χ0) is 11.6. The molecule has 0 radical (unpaired) electrons. The average molecular weight is 218 g/mol. The number of hydrogen-bond acceptors (Lipinski definition) is 2. The summed E-state index contributed by atoms with van der Waals surface area (Å²) in [6, 6.07) is 4.25. The van der Waals surface area contributed by atoms with Gasteiger partial charge >= 0.3 is 0 Å². The summed E-state index contributed by atoms with van der Waals surface area (Å²) in [5.41, 5.74) is 1.64. The topological polar surface area (TPSA) is 24.9 Å². The van der Waals surface area contributed by atoms with E-state index in [4.69, 9.17) is 0 Å². The van der Waals surface area contributed by atoms with Crippen LogP contribution in [0.3, 0.4) is 0 Å². The molecule has 0 bridgehead atoms. The largest absolute Gasteiger partial charge is 0.312 e. The smallest absolute Gasteiger partial charge is 0.0302 e. The molecule has 1 fully saturated rings. The number of aromatic nitrogens is 1. The minimum atomic E-state index is 0.231. The normalized spacial score (nSPS) is 25.2. The van der Waals surface area contributed by atoms with Crippen LogP contribution in [0.15, 0.2) is 24.5 Å². The van der Waals surface area contributed by atoms with E-state index in [9.17, 15) is 0 Å². The van der Waals surface area contributed by atoms with Crippen LogP contribution in [0, 0.1) is 5.92 Å². The molecule has 0 aliphatic heterocycles. The molecule has 16 heavy (non-hydrogen) atoms. The maximum absolute atomic E-state index is 4.21. The Balaban J connectivity index is 1.90. The van der Waals surface area contributed by atoms with Gasteiger partial charge in [0.05, 0.1) is 0 Å². The predicted octanol–water partition coefficient (Wildman–Crippen LogP) is 2.96. The molecular weight excluding hydrogens is 196 g/mol. The van der Waals surface area contributed by atoms with Gasteiger partial charge in [0.2, 0.25) is 0 Å². The van der Waals surface area contributed by atoms with Gasteiger partial charge in [-0.3, -0.25) is 4.98 Å². The fourth-order valence-electron chi connectivity index (χ4n) is 2.28. The van der Waals surface area contributed by atoms with Crippen LogP contribution in [0.4, 0.5) is 0 Å². The van der Waals surface area contributed by atoms with Gasteiger partial charge in [0, 0.05) is 17.9 Å². The summed E-state index contributed by atoms with van der Waals surface area (Å²) in [6.45, 7) is 7.81. The van der Waals surface area contributed by atoms with Gasteiger partial charge in [-0.25, -0.2) is 0 Å². The third-order valence-electron chi connectivity index (χ3n) is 3.42. The van der Waals surface area contributed by atoms with Crippen LogP contribution in [0.1, 0.15) is 45.1 Å². The van der Waals surface area contributed by atoms with Gasteiger partial charge in [-0.05, 0) is 63.6 Å². The van der Waals surface area contributed by atoms with Crippen LogP contribution in [0.2, 0.25) is 0 Å². The predicted molar refractivity (Wildman–Crippen MR) is 67.5 cm³/mol. The van der Waals surface area contributed by atoms with Crippen molar-refractivity contribution in [3.63, 3.8) is 0 Å². The van der Waals surface area contributed by atoms with Gasteiger partial charge in [-0.15, -0.1) is 0 Å². The molecule has 2 rings (SSSR count). The van der Waals surface area contributed by atoms with E-state index in [0.717, 1.165) is 18.4 Å². The Hall–Kier alpha value is -0.890. The fourth-order valence-corrected chi connectivity index (χ4v) is 2.28. The Bertz CT molecular complexity index is 326. The fraction of sp³-hybridized carbons (Fsp3) is 0.643. The molecule has 1 aliphatic carbocycles. The first-order valence-corrected chi connectivity index (χ1v) is 6.21. The van der Waals surface area contributed by atoms with Gasteiger partial charge in [0.1, 0.15) is 0 Å². The first-order valence-electron chi connectivity index (χ1n) is 6.21. The maximum Gasteiger partial charge on any atom is 0.0302 e. The molecule has 0 amide bonds. The number of pyridine rings is 1. The van der Waals surface area contributed by atoms with Crippen LogP contribution in [-0.2, 0) is 0 Å². The van der Waals surface area contributed by atoms with Gasteiger partial charge < -0.3 is 5.32 Å². The summed E-state index contributed by atoms with van der Waals surface area (Å²) >= 11 is 0. The van der Waals surface area contributed by atoms with Crippen LogP contribution < -0.4 is 5.32 Å². The van der Waals surface area contributed by atoms with E-state index in [1.165, 1.54) is 18.4 Å². The van der Waals surface area contributed by atoms with Crippen LogP contribution >= 0.6 is 0 Å². The van der Waals surface area contributed by atoms with Crippen molar-refractivity contribution in [1.82, 2.24) is 10.3 Å². The third kappa shape index (κ3) is 2.82. The number of rotatable bonds is 3. The van der Waals surface area contributed by atoms with Crippen molar-refractivity contribution in [3.8, 4) is 0 Å². The lowest BCUT2D eigenvalue weighted by Crippen LogP contribution is -2.42. The van der Waals surface area contributed by atoms with Crippen molar-refractivity contribution >= 4 is 0 Å². The van der Waals surface area contributed by atoms with E-state index in [1.807, 2.05) is 18.5 Å². The van der Waals surface area contributed by atoms with E-state index in [1.54, 1.807) is 0 Å². The van der Waals surface area contributed by atoms with Gasteiger partial charge in [0.25, 0.3) is 0 Å². The van der Waals surface area contributed by atoms with Crippen molar-refractivity contribution in [1.29, 1.82) is 0 Å². The summed E-state index contributed by atoms with van der Waals surface area (Å²) in [5, 5.41) is 3.60. The number of nitrogens with zero attached hydrogens (tertiary/aromatic N) is 1. The highest BCUT2D eigenvalue weighted by Gasteiger charge is 2.32. The lowest BCUT2D eigenvalue weighted by Gasteiger charge is -2.38. The molecule has 0 spiro atoms. The SMILES string of the molecule is CC(C)(C)NCC1CCC1c1cccnc1. The Kier molecular flexibility index (Phi) is 3.29. The highest BCUT2D eigenvalue weighted by molar-refractivity contribution is 5.18. The van der Waals surface area contributed by atoms with Crippen LogP contribution in [-0.4, -0.2) is 17.1 Å². The van der Waals surface area contributed by atoms with E-state index in [0.29, 0.717) is 0 Å². The standard InChI is InChI=1S/C14H22N2/c1-14(2,3)16-10-12-6-7-13(12)11-5-4-8-15-9-11/h4-5,8-9,12-13,16H,6-7,10H2,1-3H3. The van der Waals surface area contributed by atoms with Crippen molar-refractivity contribution in [3.05, 3.63) is 30.1 Å². The highest BCUT2D eigenvalue weighted by atomic mass is 14.9. The summed E-state index contributed by atoms with van der Waals surface area (Å²) < 4.78 is 0. The molecule has 2 heteroatoms. The monoisotopic (exact) mass is 218 g/mol. The first-order chi connectivity index (χ1) is 7.56. The molecule has 88 valence electrons. The molecule has 1 N–H and O–H groups in total. The van der Waals surface area contributed by atoms with Gasteiger partial charge in [-0.1, -0.05) is 6.07 Å². The summed E-state index contributed by atoms with van der Waals surface area (Å²) in [7, 11) is 0. The first kappa shape index (κ1) is 11.6.